The molecule has 1 saturated heterocycles. The molecule has 0 amide bonds. The monoisotopic (exact) mass is 487 g/mol. The van der Waals surface area contributed by atoms with Crippen molar-refractivity contribution in [3.05, 3.63) is 68.6 Å². The van der Waals surface area contributed by atoms with Crippen molar-refractivity contribution < 1.29 is 4.79 Å². The highest BCUT2D eigenvalue weighted by Gasteiger charge is 2.44. The minimum absolute atomic E-state index is 0.0279. The molecule has 2 aromatic rings. The molecular weight excluding hydrogens is 466 g/mol. The number of allylic oxidation sites excluding steroid dienone is 3. The SMILES string of the molecule is N#CC1=C(N)N(c2sc3c(c2C#N)C2CCN3CC2)C2=C(C(=O)CCC2)[C@@H]1c1cccc(Cl)c1. The molecule has 6 nitrogen and oxygen atoms in total. The van der Waals surface area contributed by atoms with Gasteiger partial charge < -0.3 is 10.6 Å². The van der Waals surface area contributed by atoms with Gasteiger partial charge in [-0.2, -0.15) is 10.5 Å². The number of hydrogen-bond donors (Lipinski definition) is 1. The molecule has 1 aromatic heterocycles. The van der Waals surface area contributed by atoms with Crippen molar-refractivity contribution in [2.75, 3.05) is 22.9 Å². The van der Waals surface area contributed by atoms with Crippen molar-refractivity contribution >= 4 is 38.7 Å². The van der Waals surface area contributed by atoms with Gasteiger partial charge in [-0.25, -0.2) is 0 Å². The van der Waals surface area contributed by atoms with Gasteiger partial charge in [-0.3, -0.25) is 9.69 Å². The summed E-state index contributed by atoms with van der Waals surface area (Å²) in [5, 5.41) is 22.9. The van der Waals surface area contributed by atoms with Crippen LogP contribution in [0, 0.1) is 22.7 Å². The Morgan fingerprint density at radius 2 is 1.91 bits per heavy atom. The molecule has 0 radical (unpaired) electrons. The Kier molecular flexibility index (Phi) is 4.95. The summed E-state index contributed by atoms with van der Waals surface area (Å²) in [5.74, 6) is 0.159. The molecule has 1 fully saturated rings. The van der Waals surface area contributed by atoms with E-state index in [-0.39, 0.29) is 5.78 Å². The minimum Gasteiger partial charge on any atom is -0.384 e. The summed E-state index contributed by atoms with van der Waals surface area (Å²) in [5.41, 5.74) is 11.0. The molecule has 8 heteroatoms. The van der Waals surface area contributed by atoms with Gasteiger partial charge in [0.05, 0.1) is 28.1 Å². The first-order valence-corrected chi connectivity index (χ1v) is 12.8. The topological polar surface area (TPSA) is 97.2 Å². The number of fused-ring (bicyclic) bond motifs is 2. The van der Waals surface area contributed by atoms with Gasteiger partial charge in [0.1, 0.15) is 16.9 Å². The lowest BCUT2D eigenvalue weighted by Gasteiger charge is -2.39. The maximum absolute atomic E-state index is 13.3. The van der Waals surface area contributed by atoms with Crippen molar-refractivity contribution in [1.82, 2.24) is 0 Å². The molecule has 170 valence electrons. The maximum Gasteiger partial charge on any atom is 0.161 e. The fourth-order valence-electron chi connectivity index (χ4n) is 6.01. The van der Waals surface area contributed by atoms with Gasteiger partial charge in [0.2, 0.25) is 0 Å². The van der Waals surface area contributed by atoms with Gasteiger partial charge in [0, 0.05) is 41.4 Å². The number of nitrogens with two attached hydrogens (primary N) is 1. The Morgan fingerprint density at radius 3 is 2.62 bits per heavy atom. The number of ketones is 1. The summed E-state index contributed by atoms with van der Waals surface area (Å²) in [6.07, 6.45) is 3.92. The zero-order valence-corrected chi connectivity index (χ0v) is 20.0. The van der Waals surface area contributed by atoms with Crippen LogP contribution in [0.4, 0.5) is 10.0 Å². The molecule has 34 heavy (non-hydrogen) atoms. The number of Topliss-reactive ketones (excluding diaryl/α,β-unsaturated/α-hetero) is 1. The normalized spacial score (nSPS) is 22.0. The van der Waals surface area contributed by atoms with E-state index in [4.69, 9.17) is 17.3 Å². The van der Waals surface area contributed by atoms with Gasteiger partial charge in [-0.05, 0) is 49.3 Å². The summed E-state index contributed by atoms with van der Waals surface area (Å²) >= 11 is 7.85. The quantitative estimate of drug-likeness (QED) is 0.619. The third-order valence-electron chi connectivity index (χ3n) is 7.51. The van der Waals surface area contributed by atoms with Crippen LogP contribution in [-0.2, 0) is 4.79 Å². The van der Waals surface area contributed by atoms with E-state index in [0.29, 0.717) is 52.7 Å². The number of thiophene rings is 1. The molecule has 7 rings (SSSR count). The number of nitriles is 2. The van der Waals surface area contributed by atoms with Crippen molar-refractivity contribution in [2.24, 2.45) is 5.73 Å². The first kappa shape index (κ1) is 21.3. The second-order valence-electron chi connectivity index (χ2n) is 9.25. The Labute approximate surface area is 207 Å². The molecule has 0 unspecified atom stereocenters. The first-order chi connectivity index (χ1) is 16.5. The lowest BCUT2D eigenvalue weighted by molar-refractivity contribution is -0.116. The van der Waals surface area contributed by atoms with Crippen molar-refractivity contribution in [1.29, 1.82) is 10.5 Å². The molecule has 1 aliphatic carbocycles. The van der Waals surface area contributed by atoms with E-state index in [1.807, 2.05) is 17.0 Å². The summed E-state index contributed by atoms with van der Waals surface area (Å²) in [6, 6.07) is 12.0. The molecule has 1 atom stereocenters. The van der Waals surface area contributed by atoms with E-state index in [1.54, 1.807) is 23.5 Å². The van der Waals surface area contributed by atoms with Gasteiger partial charge >= 0.3 is 0 Å². The van der Waals surface area contributed by atoms with Crippen molar-refractivity contribution in [3.63, 3.8) is 0 Å². The number of nitrogens with zero attached hydrogens (tertiary/aromatic N) is 4. The van der Waals surface area contributed by atoms with E-state index < -0.39 is 5.92 Å². The van der Waals surface area contributed by atoms with Crippen molar-refractivity contribution in [3.8, 4) is 12.1 Å². The molecule has 2 bridgehead atoms. The van der Waals surface area contributed by atoms with Crippen LogP contribution in [0.2, 0.25) is 5.02 Å². The maximum atomic E-state index is 13.3. The van der Waals surface area contributed by atoms with E-state index in [2.05, 4.69) is 17.0 Å². The van der Waals surface area contributed by atoms with Crippen LogP contribution in [-0.4, -0.2) is 18.9 Å². The zero-order chi connectivity index (χ0) is 23.6. The van der Waals surface area contributed by atoms with E-state index in [9.17, 15) is 15.3 Å². The molecular formula is C26H22ClN5OS. The number of anilines is 2. The second kappa shape index (κ2) is 7.91. The molecule has 5 heterocycles. The van der Waals surface area contributed by atoms with Gasteiger partial charge in [0.15, 0.2) is 5.78 Å². The van der Waals surface area contributed by atoms with Crippen LogP contribution < -0.4 is 15.5 Å². The van der Waals surface area contributed by atoms with Crippen LogP contribution in [0.5, 0.6) is 0 Å². The first-order valence-electron chi connectivity index (χ1n) is 11.6. The third kappa shape index (κ3) is 2.94. The van der Waals surface area contributed by atoms with E-state index in [1.165, 1.54) is 0 Å². The smallest absolute Gasteiger partial charge is 0.161 e. The average Bonchev–Trinajstić information content (AvgIpc) is 3.25. The highest BCUT2D eigenvalue weighted by molar-refractivity contribution is 7.20. The predicted octanol–water partition coefficient (Wildman–Crippen LogP) is 5.28. The summed E-state index contributed by atoms with van der Waals surface area (Å²) < 4.78 is 0. The largest absolute Gasteiger partial charge is 0.384 e. The molecule has 5 aliphatic rings. The fourth-order valence-corrected chi connectivity index (χ4v) is 7.64. The molecule has 2 N–H and O–H groups in total. The highest BCUT2D eigenvalue weighted by Crippen LogP contribution is 2.55. The minimum atomic E-state index is -0.553. The number of halogens is 1. The predicted molar refractivity (Wildman–Crippen MR) is 133 cm³/mol. The average molecular weight is 488 g/mol. The van der Waals surface area contributed by atoms with Gasteiger partial charge in [0.25, 0.3) is 0 Å². The Morgan fingerprint density at radius 1 is 1.12 bits per heavy atom. The van der Waals surface area contributed by atoms with Gasteiger partial charge in [-0.1, -0.05) is 35.1 Å². The standard InChI is InChI=1S/C26H22ClN5OS/c27-16-4-1-3-15(11-16)21-17(12-28)24(30)32(19-5-2-6-20(33)23(19)21)25-18(13-29)22-14-7-9-31(10-8-14)26(22)34-25/h1,3-4,11,14,21H,2,5-10,30H2/t21-/m1/s1. The number of hydrogen-bond acceptors (Lipinski definition) is 7. The molecule has 0 spiro atoms. The summed E-state index contributed by atoms with van der Waals surface area (Å²) in [4.78, 5) is 17.6. The summed E-state index contributed by atoms with van der Waals surface area (Å²) in [7, 11) is 0. The lowest BCUT2D eigenvalue weighted by atomic mass is 9.75. The second-order valence-corrected chi connectivity index (χ2v) is 10.7. The summed E-state index contributed by atoms with van der Waals surface area (Å²) in [6.45, 7) is 2.00. The number of benzene rings is 1. The Bertz CT molecular complexity index is 1380. The molecule has 1 aromatic carbocycles. The van der Waals surface area contributed by atoms with E-state index >= 15 is 0 Å². The lowest BCUT2D eigenvalue weighted by Crippen LogP contribution is -2.38. The highest BCUT2D eigenvalue weighted by atomic mass is 35.5. The fraction of sp³-hybridized carbons (Fsp3) is 0.346. The van der Waals surface area contributed by atoms with Crippen LogP contribution >= 0.6 is 22.9 Å². The zero-order valence-electron chi connectivity index (χ0n) is 18.5. The van der Waals surface area contributed by atoms with Gasteiger partial charge in [-0.15, -0.1) is 0 Å². The number of piperidine rings is 1. The van der Waals surface area contributed by atoms with E-state index in [0.717, 1.165) is 52.8 Å². The van der Waals surface area contributed by atoms with Crippen LogP contribution in [0.15, 0.2) is 46.9 Å². The Balaban J connectivity index is 1.60. The van der Waals surface area contributed by atoms with Crippen LogP contribution in [0.3, 0.4) is 0 Å². The Hall–Kier alpha value is -3.26. The third-order valence-corrected chi connectivity index (χ3v) is 8.99. The molecule has 4 aliphatic heterocycles. The van der Waals surface area contributed by atoms with Crippen LogP contribution in [0.25, 0.3) is 0 Å². The van der Waals surface area contributed by atoms with Crippen LogP contribution in [0.1, 0.15) is 60.6 Å². The number of rotatable bonds is 2. The van der Waals surface area contributed by atoms with Crippen molar-refractivity contribution in [2.45, 2.75) is 43.9 Å². The number of carbonyl (C=O) groups is 1. The molecule has 0 saturated carbocycles. The number of carbonyl (C=O) groups excluding carboxylic acids is 1.